The van der Waals surface area contributed by atoms with E-state index in [0.29, 0.717) is 56.9 Å². The van der Waals surface area contributed by atoms with Crippen molar-refractivity contribution in [2.75, 3.05) is 57.6 Å². The van der Waals surface area contributed by atoms with E-state index in [-0.39, 0.29) is 42.0 Å². The number of fused-ring (bicyclic) bond motifs is 5. The average molecular weight is 1040 g/mol. The van der Waals surface area contributed by atoms with Crippen molar-refractivity contribution < 1.29 is 67.6 Å². The second-order valence-corrected chi connectivity index (χ2v) is 23.1. The zero-order chi connectivity index (χ0) is 49.9. The number of rotatable bonds is 24. The largest absolute Gasteiger partial charge is 0.435 e. The summed E-state index contributed by atoms with van der Waals surface area (Å²) in [5.74, 6) is 3.34. The Balaban J connectivity index is 1.06. The summed E-state index contributed by atoms with van der Waals surface area (Å²) in [5, 5.41) is 11.9. The van der Waals surface area contributed by atoms with Crippen molar-refractivity contribution in [2.45, 2.75) is 166 Å². The summed E-state index contributed by atoms with van der Waals surface area (Å²) in [6.07, 6.45) is -12.9. The number of carbonyl (C=O) groups is 1. The Hall–Kier alpha value is -1.76. The van der Waals surface area contributed by atoms with Crippen LogP contribution in [-0.4, -0.2) is 122 Å². The molecule has 1 aromatic rings. The third kappa shape index (κ3) is 14.0. The van der Waals surface area contributed by atoms with Crippen LogP contribution in [0.15, 0.2) is 18.2 Å². The zero-order valence-electron chi connectivity index (χ0n) is 39.6. The van der Waals surface area contributed by atoms with Gasteiger partial charge in [0.2, 0.25) is 0 Å². The van der Waals surface area contributed by atoms with E-state index in [1.807, 2.05) is 39.8 Å². The molecule has 0 radical (unpaired) electrons. The fraction of sp³-hybridized carbons (Fsp3) is 0.826. The van der Waals surface area contributed by atoms with Gasteiger partial charge in [-0.1, -0.05) is 34.6 Å². The minimum absolute atomic E-state index is 0.232. The molecule has 3 aliphatic carbocycles. The van der Waals surface area contributed by atoms with Crippen LogP contribution in [0.3, 0.4) is 0 Å². The van der Waals surface area contributed by atoms with Crippen LogP contribution in [0.2, 0.25) is 0 Å². The van der Waals surface area contributed by atoms with Gasteiger partial charge in [0.15, 0.2) is 0 Å². The smallest absolute Gasteiger partial charge is 0.410 e. The highest BCUT2D eigenvalue weighted by atomic mass is 33.1. The first kappa shape index (κ1) is 57.1. The molecular formula is C46H68F9N4O6PS2. The molecule has 10 nitrogen and oxygen atoms in total. The number of halogens is 9. The Kier molecular flexibility index (Phi) is 21.2. The molecule has 2 saturated carbocycles. The Bertz CT molecular complexity index is 1740. The van der Waals surface area contributed by atoms with Crippen LogP contribution < -0.4 is 10.1 Å². The van der Waals surface area contributed by atoms with Crippen LogP contribution in [0, 0.1) is 28.6 Å². The molecule has 0 spiro atoms. The van der Waals surface area contributed by atoms with E-state index in [4.69, 9.17) is 23.8 Å². The molecule has 1 aliphatic heterocycles. The van der Waals surface area contributed by atoms with Crippen molar-refractivity contribution in [1.82, 2.24) is 14.9 Å². The van der Waals surface area contributed by atoms with Crippen LogP contribution >= 0.6 is 30.1 Å². The summed E-state index contributed by atoms with van der Waals surface area (Å²) in [5.41, 5.74) is -4.29. The summed E-state index contributed by atoms with van der Waals surface area (Å²) in [4.78, 5) is 15.5. The monoisotopic (exact) mass is 1040 g/mol. The molecule has 68 heavy (non-hydrogen) atoms. The number of hydrogen-bond donors (Lipinski definition) is 1. The number of nitrogens with one attached hydrogen (secondary N) is 1. The number of benzene rings is 1. The standard InChI is InChI=1S/C46H68F9N4O6PS2/c1-31(2)59(32(3)4)66(64-27-9-20-56)63-26-8-6-7-22-58(34-18-28-67-68-30-34)23-21-57-41(60)65-35-12-14-36-33(29-35)11-13-38-37(36)17-19-42(5)39(38)15-16-40(42)61-24-10-25-62-43(44(47,48)49,45(50,51)52)46(53,54)55/h12,14,29,31-32,34,37-40H,6-11,13,15-19,21-28,30H2,1-5H3,(H,57,60)/t34?,37-,38-,39+,40+,42+,66?/m1/s1. The molecule has 2 unspecified atom stereocenters. The molecule has 3 fully saturated rings. The second kappa shape index (κ2) is 25.3. The van der Waals surface area contributed by atoms with Gasteiger partial charge in [-0.3, -0.25) is 4.90 Å². The van der Waals surface area contributed by atoms with Crippen LogP contribution in [0.1, 0.15) is 122 Å². The molecular weight excluding hydrogens is 971 g/mol. The van der Waals surface area contributed by atoms with Gasteiger partial charge < -0.3 is 28.6 Å². The topological polar surface area (TPSA) is 106 Å². The molecule has 1 amide bonds. The summed E-state index contributed by atoms with van der Waals surface area (Å²) in [6, 6.07) is 8.82. The van der Waals surface area contributed by atoms with Crippen LogP contribution in [-0.2, 0) is 24.9 Å². The van der Waals surface area contributed by atoms with Gasteiger partial charge in [0.25, 0.3) is 8.53 Å². The summed E-state index contributed by atoms with van der Waals surface area (Å²) in [7, 11) is 2.51. The normalized spacial score (nSPS) is 25.0. The lowest BCUT2D eigenvalue weighted by Gasteiger charge is -2.50. The van der Waals surface area contributed by atoms with E-state index >= 15 is 0 Å². The molecule has 22 heteroatoms. The molecule has 7 atom stereocenters. The molecule has 5 rings (SSSR count). The minimum Gasteiger partial charge on any atom is -0.410 e. The highest BCUT2D eigenvalue weighted by molar-refractivity contribution is 8.76. The maximum absolute atomic E-state index is 13.3. The van der Waals surface area contributed by atoms with Crippen molar-refractivity contribution in [3.8, 4) is 11.8 Å². The van der Waals surface area contributed by atoms with E-state index < -0.39 is 51.8 Å². The number of alkyl halides is 9. The van der Waals surface area contributed by atoms with E-state index in [1.165, 1.54) is 5.56 Å². The SMILES string of the molecule is CC(C)N(C(C)C)P(OCCC#N)OCCCCCN(CCNC(=O)Oc1ccc2c(c1)CC[C@@H]1[C@@H]2CC[C@]2(C)[C@@H](OCCCOC(C(F)(F)F)(C(F)(F)F)C(F)(F)F)CC[C@@H]12)C1CCSSC1. The third-order valence-electron chi connectivity index (χ3n) is 14.0. The zero-order valence-corrected chi connectivity index (χ0v) is 42.1. The molecule has 388 valence electrons. The first-order valence-electron chi connectivity index (χ1n) is 23.8. The number of aryl methyl sites for hydroxylation is 1. The van der Waals surface area contributed by atoms with Gasteiger partial charge >= 0.3 is 30.2 Å². The van der Waals surface area contributed by atoms with E-state index in [1.54, 1.807) is 0 Å². The first-order chi connectivity index (χ1) is 32.1. The van der Waals surface area contributed by atoms with Gasteiger partial charge in [0.05, 0.1) is 38.4 Å². The lowest BCUT2D eigenvalue weighted by Crippen LogP contribution is -2.67. The minimum atomic E-state index is -6.76. The van der Waals surface area contributed by atoms with Gasteiger partial charge in [-0.2, -0.15) is 44.8 Å². The third-order valence-corrected chi connectivity index (χ3v) is 18.6. The molecule has 1 saturated heterocycles. The lowest BCUT2D eigenvalue weighted by atomic mass is 9.55. The predicted octanol–water partition coefficient (Wildman–Crippen LogP) is 12.8. The highest BCUT2D eigenvalue weighted by Crippen LogP contribution is 2.62. The van der Waals surface area contributed by atoms with Crippen LogP contribution in [0.4, 0.5) is 44.3 Å². The molecule has 1 N–H and O–H groups in total. The van der Waals surface area contributed by atoms with Crippen molar-refractivity contribution in [1.29, 1.82) is 5.26 Å². The summed E-state index contributed by atoms with van der Waals surface area (Å²) >= 11 is 0. The quantitative estimate of drug-likeness (QED) is 0.0463. The number of amides is 1. The molecule has 0 aromatic heterocycles. The number of nitrogens with zero attached hydrogens (tertiary/aromatic N) is 3. The molecule has 1 aromatic carbocycles. The van der Waals surface area contributed by atoms with Gasteiger partial charge in [-0.15, -0.1) is 0 Å². The second-order valence-electron chi connectivity index (χ2n) is 19.0. The van der Waals surface area contributed by atoms with Crippen LogP contribution in [0.25, 0.3) is 0 Å². The Morgan fingerprint density at radius 2 is 1.57 bits per heavy atom. The highest BCUT2D eigenvalue weighted by Gasteiger charge is 2.85. The summed E-state index contributed by atoms with van der Waals surface area (Å²) in [6.45, 7) is 11.7. The van der Waals surface area contributed by atoms with Crippen LogP contribution in [0.5, 0.6) is 5.75 Å². The van der Waals surface area contributed by atoms with E-state index in [9.17, 15) is 44.3 Å². The number of unbranched alkanes of at least 4 members (excludes halogenated alkanes) is 2. The fourth-order valence-electron chi connectivity index (χ4n) is 10.8. The Morgan fingerprint density at radius 3 is 2.22 bits per heavy atom. The molecule has 0 bridgehead atoms. The van der Waals surface area contributed by atoms with E-state index in [2.05, 4.69) is 60.3 Å². The van der Waals surface area contributed by atoms with Gasteiger partial charge in [-0.25, -0.2) is 9.46 Å². The van der Waals surface area contributed by atoms with Gasteiger partial charge in [0.1, 0.15) is 5.75 Å². The average Bonchev–Trinajstić information content (AvgIpc) is 3.59. The molecule has 4 aliphatic rings. The number of carbonyl (C=O) groups excluding carboxylic acids is 1. The van der Waals surface area contributed by atoms with Crippen molar-refractivity contribution >= 4 is 36.2 Å². The lowest BCUT2D eigenvalue weighted by molar-refractivity contribution is -0.457. The fourth-order valence-corrected chi connectivity index (χ4v) is 14.9. The van der Waals surface area contributed by atoms with Crippen molar-refractivity contribution in [3.05, 3.63) is 29.3 Å². The Morgan fingerprint density at radius 1 is 0.868 bits per heavy atom. The van der Waals surface area contributed by atoms with Crippen molar-refractivity contribution in [2.24, 2.45) is 17.3 Å². The summed E-state index contributed by atoms with van der Waals surface area (Å²) < 4.78 is 149. The van der Waals surface area contributed by atoms with Gasteiger partial charge in [0, 0.05) is 49.3 Å². The predicted molar refractivity (Wildman–Crippen MR) is 246 cm³/mol. The Labute approximate surface area is 404 Å². The number of nitriles is 1. The maximum atomic E-state index is 13.3. The van der Waals surface area contributed by atoms with Crippen molar-refractivity contribution in [3.63, 3.8) is 0 Å². The first-order valence-corrected chi connectivity index (χ1v) is 27.4. The molecule has 1 heterocycles. The van der Waals surface area contributed by atoms with E-state index in [0.717, 1.165) is 81.4 Å². The maximum Gasteiger partial charge on any atom is 0.435 e. The number of hydrogen-bond acceptors (Lipinski definition) is 11. The van der Waals surface area contributed by atoms with Gasteiger partial charge in [-0.05, 0) is 151 Å². The number of ether oxygens (including phenoxy) is 3.